The first kappa shape index (κ1) is 74.1. The number of aliphatic hydroxyl groups excluding tert-OH is 1. The van der Waals surface area contributed by atoms with Gasteiger partial charge in [0, 0.05) is 19.3 Å². The number of carbonyl (C=O) groups excluding carboxylic acids is 3. The Hall–Kier alpha value is -3.86. The van der Waals surface area contributed by atoms with Gasteiger partial charge in [-0.25, -0.2) is 4.57 Å². The summed E-state index contributed by atoms with van der Waals surface area (Å²) in [6.07, 6.45) is 71.8. The molecule has 0 bridgehead atoms. The lowest BCUT2D eigenvalue weighted by Gasteiger charge is -2.21. The first-order valence-corrected chi connectivity index (χ1v) is 32.3. The molecule has 446 valence electrons. The minimum atomic E-state index is -4.78. The normalized spacial score (nSPS) is 14.1. The van der Waals surface area contributed by atoms with E-state index in [0.29, 0.717) is 25.7 Å². The highest BCUT2D eigenvalue weighted by molar-refractivity contribution is 7.47. The molecule has 0 spiro atoms. The molecule has 0 radical (unpaired) electrons. The third kappa shape index (κ3) is 56.8. The average molecular weight is 1110 g/mol. The van der Waals surface area contributed by atoms with E-state index in [4.69, 9.17) is 23.3 Å². The molecule has 0 aliphatic heterocycles. The van der Waals surface area contributed by atoms with Crippen LogP contribution in [0.1, 0.15) is 252 Å². The topological polar surface area (TPSA) is 155 Å². The molecule has 78 heavy (non-hydrogen) atoms. The minimum absolute atomic E-state index is 0.0824. The van der Waals surface area contributed by atoms with Gasteiger partial charge in [0.1, 0.15) is 12.7 Å². The second-order valence-corrected chi connectivity index (χ2v) is 21.6. The van der Waals surface area contributed by atoms with Gasteiger partial charge in [-0.3, -0.25) is 23.4 Å². The highest BCUT2D eigenvalue weighted by Gasteiger charge is 2.28. The van der Waals surface area contributed by atoms with Gasteiger partial charge in [-0.2, -0.15) is 0 Å². The molecular weight excluding hydrogens is 1000 g/mol. The Bertz CT molecular complexity index is 1720. The molecular formula is C66H111O11P. The van der Waals surface area contributed by atoms with Crippen LogP contribution in [0.3, 0.4) is 0 Å². The van der Waals surface area contributed by atoms with E-state index in [1.165, 1.54) is 77.0 Å². The Balaban J connectivity index is 4.80. The van der Waals surface area contributed by atoms with Crippen molar-refractivity contribution in [2.45, 2.75) is 264 Å². The van der Waals surface area contributed by atoms with Gasteiger partial charge >= 0.3 is 25.7 Å². The third-order valence-electron chi connectivity index (χ3n) is 12.6. The second kappa shape index (κ2) is 59.3. The second-order valence-electron chi connectivity index (χ2n) is 20.1. The van der Waals surface area contributed by atoms with E-state index in [2.05, 4.69) is 118 Å². The van der Waals surface area contributed by atoms with Crippen molar-refractivity contribution in [1.29, 1.82) is 0 Å². The summed E-state index contributed by atoms with van der Waals surface area (Å²) < 4.78 is 39.6. The van der Waals surface area contributed by atoms with Crippen molar-refractivity contribution in [3.63, 3.8) is 0 Å². The summed E-state index contributed by atoms with van der Waals surface area (Å²) in [6, 6.07) is 0. The van der Waals surface area contributed by atoms with Gasteiger partial charge in [-0.05, 0) is 122 Å². The third-order valence-corrected chi connectivity index (χ3v) is 13.6. The van der Waals surface area contributed by atoms with E-state index in [9.17, 15) is 28.9 Å². The lowest BCUT2D eigenvalue weighted by Crippen LogP contribution is -2.30. The molecule has 0 saturated carbocycles. The molecule has 0 aromatic carbocycles. The van der Waals surface area contributed by atoms with Crippen LogP contribution in [-0.4, -0.2) is 66.5 Å². The van der Waals surface area contributed by atoms with E-state index in [1.54, 1.807) is 0 Å². The van der Waals surface area contributed by atoms with Crippen molar-refractivity contribution in [3.8, 4) is 0 Å². The lowest BCUT2D eigenvalue weighted by molar-refractivity contribution is -0.161. The monoisotopic (exact) mass is 1110 g/mol. The number of esters is 3. The van der Waals surface area contributed by atoms with Gasteiger partial charge in [0.05, 0.1) is 19.8 Å². The number of allylic oxidation sites excluding steroid dienone is 18. The predicted octanol–water partition coefficient (Wildman–Crippen LogP) is 18.6. The fourth-order valence-electron chi connectivity index (χ4n) is 7.98. The summed E-state index contributed by atoms with van der Waals surface area (Å²) in [5.74, 6) is -1.56. The van der Waals surface area contributed by atoms with Crippen LogP contribution in [0.4, 0.5) is 0 Å². The zero-order chi connectivity index (χ0) is 56.9. The maximum absolute atomic E-state index is 12.9. The van der Waals surface area contributed by atoms with E-state index >= 15 is 0 Å². The highest BCUT2D eigenvalue weighted by Crippen LogP contribution is 2.43. The molecule has 0 aromatic heterocycles. The van der Waals surface area contributed by atoms with Crippen LogP contribution in [0.5, 0.6) is 0 Å². The van der Waals surface area contributed by atoms with E-state index in [-0.39, 0.29) is 25.9 Å². The minimum Gasteiger partial charge on any atom is -0.462 e. The van der Waals surface area contributed by atoms with Crippen LogP contribution in [0.2, 0.25) is 0 Å². The Morgan fingerprint density at radius 1 is 0.372 bits per heavy atom. The molecule has 0 heterocycles. The van der Waals surface area contributed by atoms with Crippen molar-refractivity contribution >= 4 is 25.7 Å². The molecule has 0 amide bonds. The van der Waals surface area contributed by atoms with Crippen LogP contribution >= 0.6 is 7.82 Å². The number of phosphoric acid groups is 1. The van der Waals surface area contributed by atoms with Crippen LogP contribution in [0.25, 0.3) is 0 Å². The highest BCUT2D eigenvalue weighted by atomic mass is 31.2. The maximum Gasteiger partial charge on any atom is 0.472 e. The number of hydrogen-bond donors (Lipinski definition) is 2. The fraction of sp³-hybridized carbons (Fsp3) is 0.682. The average Bonchev–Trinajstić information content (AvgIpc) is 3.43. The lowest BCUT2D eigenvalue weighted by atomic mass is 10.1. The fourth-order valence-corrected chi connectivity index (χ4v) is 8.77. The molecule has 3 unspecified atom stereocenters. The van der Waals surface area contributed by atoms with Crippen molar-refractivity contribution in [1.82, 2.24) is 0 Å². The van der Waals surface area contributed by atoms with E-state index in [1.807, 2.05) is 12.2 Å². The molecule has 0 fully saturated rings. The summed E-state index contributed by atoms with van der Waals surface area (Å²) in [5.41, 5.74) is 0. The largest absolute Gasteiger partial charge is 0.472 e. The predicted molar refractivity (Wildman–Crippen MR) is 325 cm³/mol. The Kier molecular flexibility index (Phi) is 56.3. The SMILES string of the molecule is CC/C=C\C/C=C\C/C=C\C/C=C\C/C=C\CCCC(=O)OC(COC(=O)CCCCCCCCC/C=C\C/C=C\CCCCC)COP(=O)(O)OCC(CO)OC(=O)CCCCCCCCC/C=C\C/C=C\CCCCC. The molecule has 12 heteroatoms. The first-order chi connectivity index (χ1) is 38.2. The molecule has 0 saturated heterocycles. The van der Waals surface area contributed by atoms with Gasteiger partial charge < -0.3 is 24.2 Å². The molecule has 0 aliphatic carbocycles. The smallest absolute Gasteiger partial charge is 0.462 e. The standard InChI is InChI=1S/C66H111O11P/c1-4-7-10-13-16-19-22-25-28-31-34-37-40-43-46-49-52-55-64(68)73-59-63(77-66(70)57-54-51-48-45-42-39-36-33-30-27-24-21-18-15-12-9-6-3)61-75-78(71,72)74-60-62(58-67)76-65(69)56-53-50-47-44-41-38-35-32-29-26-23-20-17-14-11-8-5-2/h9,12,16-21,25-30,36,39,45,48,62-63,67H,4-8,10-11,13-15,22-24,31-35,37-38,40-44,46-47,49-61H2,1-3H3,(H,71,72)/b12-9-,19-16-,20-17-,21-18-,28-25-,29-26-,30-27-,39-36-,48-45-. The van der Waals surface area contributed by atoms with Crippen LogP contribution in [0, 0.1) is 0 Å². The Labute approximate surface area is 475 Å². The number of aliphatic hydroxyl groups is 1. The van der Waals surface area contributed by atoms with Crippen molar-refractivity contribution in [3.05, 3.63) is 109 Å². The molecule has 11 nitrogen and oxygen atoms in total. The number of unbranched alkanes of at least 4 members (excludes halogenated alkanes) is 21. The number of ether oxygens (including phenoxy) is 3. The quantitative estimate of drug-likeness (QED) is 0.0197. The molecule has 0 aliphatic rings. The van der Waals surface area contributed by atoms with Crippen molar-refractivity contribution < 1.29 is 52.2 Å². The number of phosphoric ester groups is 1. The summed E-state index contributed by atoms with van der Waals surface area (Å²) in [6.45, 7) is 4.41. The molecule has 0 rings (SSSR count). The Morgan fingerprint density at radius 2 is 0.679 bits per heavy atom. The maximum atomic E-state index is 12.9. The Morgan fingerprint density at radius 3 is 1.08 bits per heavy atom. The van der Waals surface area contributed by atoms with Crippen LogP contribution < -0.4 is 0 Å². The summed E-state index contributed by atoms with van der Waals surface area (Å²) in [4.78, 5) is 48.7. The summed E-state index contributed by atoms with van der Waals surface area (Å²) in [7, 11) is -4.78. The molecule has 2 N–H and O–H groups in total. The van der Waals surface area contributed by atoms with E-state index < -0.39 is 57.8 Å². The van der Waals surface area contributed by atoms with Crippen LogP contribution in [0.15, 0.2) is 109 Å². The van der Waals surface area contributed by atoms with Gasteiger partial charge in [-0.1, -0.05) is 220 Å². The first-order valence-electron chi connectivity index (χ1n) is 30.8. The molecule has 0 aromatic rings. The molecule has 3 atom stereocenters. The zero-order valence-corrected chi connectivity index (χ0v) is 50.2. The van der Waals surface area contributed by atoms with Crippen molar-refractivity contribution in [2.24, 2.45) is 0 Å². The van der Waals surface area contributed by atoms with Gasteiger partial charge in [0.25, 0.3) is 0 Å². The van der Waals surface area contributed by atoms with Gasteiger partial charge in [0.15, 0.2) is 6.10 Å². The van der Waals surface area contributed by atoms with Gasteiger partial charge in [0.2, 0.25) is 0 Å². The number of rotatable bonds is 56. The zero-order valence-electron chi connectivity index (χ0n) is 49.3. The van der Waals surface area contributed by atoms with E-state index in [0.717, 1.165) is 109 Å². The number of hydrogen-bond acceptors (Lipinski definition) is 10. The number of carbonyl (C=O) groups is 3. The van der Waals surface area contributed by atoms with Crippen LogP contribution in [-0.2, 0) is 42.2 Å². The van der Waals surface area contributed by atoms with Gasteiger partial charge in [-0.15, -0.1) is 0 Å². The summed E-state index contributed by atoms with van der Waals surface area (Å²) in [5, 5.41) is 9.84. The van der Waals surface area contributed by atoms with Crippen molar-refractivity contribution in [2.75, 3.05) is 26.4 Å². The summed E-state index contributed by atoms with van der Waals surface area (Å²) >= 11 is 0.